The zero-order chi connectivity index (χ0) is 9.84. The third-order valence-electron chi connectivity index (χ3n) is 2.31. The minimum absolute atomic E-state index is 0.0162. The fraction of sp³-hybridized carbons (Fsp3) is 0.875. The van der Waals surface area contributed by atoms with Crippen molar-refractivity contribution in [2.45, 2.75) is 31.9 Å². The van der Waals surface area contributed by atoms with Crippen LogP contribution in [-0.2, 0) is 4.79 Å². The molecule has 3 atom stereocenters. The van der Waals surface area contributed by atoms with Crippen LogP contribution in [0.15, 0.2) is 0 Å². The van der Waals surface area contributed by atoms with Gasteiger partial charge in [0.1, 0.15) is 0 Å². The maximum absolute atomic E-state index is 10.8. The van der Waals surface area contributed by atoms with Crippen molar-refractivity contribution in [3.63, 3.8) is 0 Å². The lowest BCUT2D eigenvalue weighted by atomic mass is 10.1. The summed E-state index contributed by atoms with van der Waals surface area (Å²) in [5.41, 5.74) is 5.17. The lowest BCUT2D eigenvalue weighted by molar-refractivity contribution is -0.121. The lowest BCUT2D eigenvalue weighted by Crippen LogP contribution is -2.31. The van der Waals surface area contributed by atoms with Crippen LogP contribution in [0.3, 0.4) is 0 Å². The molecule has 0 heterocycles. The number of amides is 1. The second kappa shape index (κ2) is 4.83. The Bertz CT molecular complexity index is 189. The number of nitrogens with one attached hydrogen (secondary N) is 1. The Balaban J connectivity index is 2.37. The molecule has 1 saturated carbocycles. The van der Waals surface area contributed by atoms with Gasteiger partial charge in [0.2, 0.25) is 5.91 Å². The molecule has 4 N–H and O–H groups in total. The molecule has 0 bridgehead atoms. The van der Waals surface area contributed by atoms with E-state index < -0.39 is 6.10 Å². The molecule has 0 aromatic heterocycles. The molecule has 4 nitrogen and oxygen atoms in total. The molecule has 1 aliphatic carbocycles. The van der Waals surface area contributed by atoms with Gasteiger partial charge in [-0.15, -0.1) is 0 Å². The fourth-order valence-corrected chi connectivity index (χ4v) is 2.20. The summed E-state index contributed by atoms with van der Waals surface area (Å²) in [6, 6.07) is 0.0162. The number of carbonyl (C=O) groups is 1. The van der Waals surface area contributed by atoms with Gasteiger partial charge in [-0.1, -0.05) is 18.9 Å². The second-order valence-electron chi connectivity index (χ2n) is 3.30. The Labute approximate surface area is 82.4 Å². The standard InChI is InChI=1S/C8H16N2O2S/c1-2-13-10-6-3-5(8(9)12)4-7(6)11/h5-7,10-11H,2-4H2,1H3,(H2,9,12). The first-order chi connectivity index (χ1) is 6.15. The van der Waals surface area contributed by atoms with Gasteiger partial charge in [0.05, 0.1) is 6.10 Å². The Morgan fingerprint density at radius 1 is 1.69 bits per heavy atom. The zero-order valence-corrected chi connectivity index (χ0v) is 8.51. The first-order valence-electron chi connectivity index (χ1n) is 4.49. The number of hydrogen-bond acceptors (Lipinski definition) is 4. The summed E-state index contributed by atoms with van der Waals surface area (Å²) in [4.78, 5) is 10.8. The number of primary amides is 1. The van der Waals surface area contributed by atoms with E-state index in [0.717, 1.165) is 5.75 Å². The molecule has 1 fully saturated rings. The molecule has 0 saturated heterocycles. The number of rotatable bonds is 4. The van der Waals surface area contributed by atoms with E-state index >= 15 is 0 Å². The van der Waals surface area contributed by atoms with Gasteiger partial charge >= 0.3 is 0 Å². The molecule has 0 aromatic carbocycles. The highest BCUT2D eigenvalue weighted by atomic mass is 32.2. The molecule has 0 spiro atoms. The predicted octanol–water partition coefficient (Wildman–Crippen LogP) is -0.131. The molecule has 1 aliphatic rings. The van der Waals surface area contributed by atoms with Crippen LogP contribution >= 0.6 is 11.9 Å². The molecule has 1 amide bonds. The molecule has 0 radical (unpaired) electrons. The van der Waals surface area contributed by atoms with Crippen molar-refractivity contribution >= 4 is 17.9 Å². The summed E-state index contributed by atoms with van der Waals surface area (Å²) in [6.07, 6.45) is 0.720. The second-order valence-corrected chi connectivity index (χ2v) is 4.40. The summed E-state index contributed by atoms with van der Waals surface area (Å²) in [6.45, 7) is 2.03. The van der Waals surface area contributed by atoms with E-state index in [1.54, 1.807) is 11.9 Å². The summed E-state index contributed by atoms with van der Waals surface area (Å²) in [5, 5.41) is 9.55. The van der Waals surface area contributed by atoms with Gasteiger partial charge in [-0.2, -0.15) is 0 Å². The van der Waals surface area contributed by atoms with E-state index in [1.807, 2.05) is 6.92 Å². The van der Waals surface area contributed by atoms with Crippen molar-refractivity contribution in [3.05, 3.63) is 0 Å². The summed E-state index contributed by atoms with van der Waals surface area (Å²) in [7, 11) is 0. The van der Waals surface area contributed by atoms with Crippen molar-refractivity contribution in [3.8, 4) is 0 Å². The highest BCUT2D eigenvalue weighted by Gasteiger charge is 2.35. The van der Waals surface area contributed by atoms with Gasteiger partial charge in [-0.05, 0) is 12.8 Å². The van der Waals surface area contributed by atoms with Crippen LogP contribution in [-0.4, -0.2) is 28.9 Å². The Morgan fingerprint density at radius 3 is 2.85 bits per heavy atom. The molecule has 13 heavy (non-hydrogen) atoms. The molecular formula is C8H16N2O2S. The van der Waals surface area contributed by atoms with Crippen molar-refractivity contribution in [2.75, 3.05) is 5.75 Å². The molecule has 0 aromatic rings. The topological polar surface area (TPSA) is 75.3 Å². The number of aliphatic hydroxyl groups excluding tert-OH is 1. The molecule has 5 heteroatoms. The van der Waals surface area contributed by atoms with Crippen LogP contribution in [0.25, 0.3) is 0 Å². The van der Waals surface area contributed by atoms with Gasteiger partial charge in [0, 0.05) is 17.7 Å². The van der Waals surface area contributed by atoms with Gasteiger partial charge in [0.15, 0.2) is 0 Å². The zero-order valence-electron chi connectivity index (χ0n) is 7.69. The van der Waals surface area contributed by atoms with Gasteiger partial charge in [-0.25, -0.2) is 0 Å². The maximum Gasteiger partial charge on any atom is 0.220 e. The minimum atomic E-state index is -0.434. The van der Waals surface area contributed by atoms with Crippen LogP contribution in [0.2, 0.25) is 0 Å². The Hall–Kier alpha value is -0.260. The van der Waals surface area contributed by atoms with E-state index in [4.69, 9.17) is 5.73 Å². The Morgan fingerprint density at radius 2 is 2.38 bits per heavy atom. The van der Waals surface area contributed by atoms with E-state index in [0.29, 0.717) is 12.8 Å². The molecule has 76 valence electrons. The summed E-state index contributed by atoms with van der Waals surface area (Å²) >= 11 is 1.56. The number of nitrogens with two attached hydrogens (primary N) is 1. The van der Waals surface area contributed by atoms with Gasteiger partial charge < -0.3 is 10.8 Å². The summed E-state index contributed by atoms with van der Waals surface area (Å²) < 4.78 is 3.12. The number of hydrogen-bond donors (Lipinski definition) is 3. The van der Waals surface area contributed by atoms with Gasteiger partial charge in [-0.3, -0.25) is 9.52 Å². The number of carbonyl (C=O) groups excluding carboxylic acids is 1. The van der Waals surface area contributed by atoms with Crippen molar-refractivity contribution < 1.29 is 9.90 Å². The molecular weight excluding hydrogens is 188 g/mol. The van der Waals surface area contributed by atoms with Crippen LogP contribution < -0.4 is 10.5 Å². The SMILES string of the molecule is CCSNC1CC(C(N)=O)CC1O. The van der Waals surface area contributed by atoms with Gasteiger partial charge in [0.25, 0.3) is 0 Å². The third-order valence-corrected chi connectivity index (χ3v) is 3.07. The largest absolute Gasteiger partial charge is 0.391 e. The van der Waals surface area contributed by atoms with Crippen LogP contribution in [0.5, 0.6) is 0 Å². The molecule has 0 aliphatic heterocycles. The highest BCUT2D eigenvalue weighted by Crippen LogP contribution is 2.26. The average molecular weight is 204 g/mol. The third kappa shape index (κ3) is 2.86. The minimum Gasteiger partial charge on any atom is -0.391 e. The highest BCUT2D eigenvalue weighted by molar-refractivity contribution is 7.97. The first-order valence-corrected chi connectivity index (χ1v) is 5.48. The molecule has 1 rings (SSSR count). The van der Waals surface area contributed by atoms with Crippen LogP contribution in [0.1, 0.15) is 19.8 Å². The van der Waals surface area contributed by atoms with Crippen LogP contribution in [0.4, 0.5) is 0 Å². The summed E-state index contributed by atoms with van der Waals surface area (Å²) in [5.74, 6) is 0.486. The van der Waals surface area contributed by atoms with E-state index in [-0.39, 0.29) is 17.9 Å². The molecule has 3 unspecified atom stereocenters. The lowest BCUT2D eigenvalue weighted by Gasteiger charge is -2.14. The van der Waals surface area contributed by atoms with E-state index in [9.17, 15) is 9.90 Å². The fourth-order valence-electron chi connectivity index (χ4n) is 1.56. The van der Waals surface area contributed by atoms with Crippen molar-refractivity contribution in [1.29, 1.82) is 0 Å². The van der Waals surface area contributed by atoms with Crippen molar-refractivity contribution in [2.24, 2.45) is 11.7 Å². The predicted molar refractivity (Wildman–Crippen MR) is 53.0 cm³/mol. The maximum atomic E-state index is 10.8. The van der Waals surface area contributed by atoms with Crippen LogP contribution in [0, 0.1) is 5.92 Å². The smallest absolute Gasteiger partial charge is 0.220 e. The normalized spacial score (nSPS) is 33.5. The first kappa shape index (κ1) is 10.8. The van der Waals surface area contributed by atoms with Crippen molar-refractivity contribution in [1.82, 2.24) is 4.72 Å². The quantitative estimate of drug-likeness (QED) is 0.558. The van der Waals surface area contributed by atoms with E-state index in [1.165, 1.54) is 0 Å². The van der Waals surface area contributed by atoms with E-state index in [2.05, 4.69) is 4.72 Å². The number of aliphatic hydroxyl groups is 1. The average Bonchev–Trinajstić information content (AvgIpc) is 2.44. The monoisotopic (exact) mass is 204 g/mol. The Kier molecular flexibility index (Phi) is 4.02.